The molecule has 1 unspecified atom stereocenters. The Morgan fingerprint density at radius 3 is 2.34 bits per heavy atom. The number of sulfone groups is 1. The average Bonchev–Trinajstić information content (AvgIpc) is 2.69. The van der Waals surface area contributed by atoms with E-state index in [2.05, 4.69) is 11.9 Å². The summed E-state index contributed by atoms with van der Waals surface area (Å²) in [4.78, 5) is 33.2. The maximum atomic E-state index is 11.9. The number of hydrogen-bond acceptors (Lipinski definition) is 9. The molecule has 0 fully saturated rings. The fraction of sp³-hybridized carbons (Fsp3) is 0.450. The minimum atomic E-state index is -3.90. The van der Waals surface area contributed by atoms with E-state index in [9.17, 15) is 27.9 Å². The summed E-state index contributed by atoms with van der Waals surface area (Å²) >= 11 is 1.56. The van der Waals surface area contributed by atoms with Gasteiger partial charge in [0, 0.05) is 17.1 Å². The summed E-state index contributed by atoms with van der Waals surface area (Å²) < 4.78 is 33.6. The van der Waals surface area contributed by atoms with E-state index in [0.717, 1.165) is 5.56 Å². The van der Waals surface area contributed by atoms with Gasteiger partial charge < -0.3 is 24.7 Å². The van der Waals surface area contributed by atoms with E-state index in [1.807, 2.05) is 6.92 Å². The summed E-state index contributed by atoms with van der Waals surface area (Å²) in [7, 11) is -3.90. The number of nitrogens with one attached hydrogen (secondary N) is 1. The molecule has 0 aliphatic carbocycles. The van der Waals surface area contributed by atoms with Crippen LogP contribution in [0.25, 0.3) is 0 Å². The van der Waals surface area contributed by atoms with Crippen molar-refractivity contribution in [2.75, 3.05) is 37.0 Å². The number of carbonyl (C=O) groups excluding carboxylic acids is 3. The SMILES string of the molecule is C=C(C)C(=O)OCCNC(=O)OCCSCC(C)c1ccc(S(=O)(=O)CC(=O)[O-])cc1.[Na+]. The summed E-state index contributed by atoms with van der Waals surface area (Å²) in [5.41, 5.74) is 1.19. The zero-order valence-electron chi connectivity index (χ0n) is 18.4. The average molecular weight is 496 g/mol. The van der Waals surface area contributed by atoms with Crippen LogP contribution >= 0.6 is 11.8 Å². The van der Waals surface area contributed by atoms with E-state index < -0.39 is 33.6 Å². The van der Waals surface area contributed by atoms with Gasteiger partial charge in [0.1, 0.15) is 13.2 Å². The van der Waals surface area contributed by atoms with E-state index >= 15 is 0 Å². The molecule has 1 amide bonds. The van der Waals surface area contributed by atoms with Crippen molar-refractivity contribution in [2.24, 2.45) is 0 Å². The largest absolute Gasteiger partial charge is 1.00 e. The second-order valence-electron chi connectivity index (χ2n) is 6.66. The van der Waals surface area contributed by atoms with E-state index in [0.29, 0.717) is 11.5 Å². The van der Waals surface area contributed by atoms with Crippen LogP contribution in [0.4, 0.5) is 4.79 Å². The molecule has 0 aliphatic rings. The van der Waals surface area contributed by atoms with Crippen molar-refractivity contribution < 1.29 is 66.9 Å². The second kappa shape index (κ2) is 15.3. The first-order valence-electron chi connectivity index (χ1n) is 9.36. The molecule has 1 rings (SSSR count). The number of esters is 1. The predicted octanol–water partition coefficient (Wildman–Crippen LogP) is -2.10. The van der Waals surface area contributed by atoms with Gasteiger partial charge in [-0.25, -0.2) is 18.0 Å². The van der Waals surface area contributed by atoms with Crippen LogP contribution in [-0.2, 0) is 28.9 Å². The second-order valence-corrected chi connectivity index (χ2v) is 9.79. The number of hydrogen-bond donors (Lipinski definition) is 1. The van der Waals surface area contributed by atoms with Gasteiger partial charge in [-0.15, -0.1) is 0 Å². The van der Waals surface area contributed by atoms with Crippen LogP contribution in [0.3, 0.4) is 0 Å². The Labute approximate surface area is 214 Å². The Hall–Kier alpha value is -1.53. The first kappa shape index (κ1) is 30.5. The number of ether oxygens (including phenoxy) is 2. The van der Waals surface area contributed by atoms with Gasteiger partial charge in [-0.1, -0.05) is 25.6 Å². The molecular weight excluding hydrogens is 469 g/mol. The summed E-state index contributed by atoms with van der Waals surface area (Å²) in [5, 5.41) is 13.0. The van der Waals surface area contributed by atoms with Crippen molar-refractivity contribution in [2.45, 2.75) is 24.7 Å². The zero-order chi connectivity index (χ0) is 23.4. The summed E-state index contributed by atoms with van der Waals surface area (Å²) in [6, 6.07) is 6.07. The Kier molecular flexibility index (Phi) is 14.6. The minimum Gasteiger partial charge on any atom is -0.549 e. The standard InChI is InChI=1S/C20H27NO8S2.Na/c1-14(2)19(24)28-9-8-21-20(25)29-10-11-30-12-15(3)16-4-6-17(7-5-16)31(26,27)13-18(22)23;/h4-7,15H,1,8-13H2,2-3H3,(H,21,25)(H,22,23);/q;+1/p-1. The fourth-order valence-electron chi connectivity index (χ4n) is 2.26. The number of alkyl carbamates (subject to hydrolysis) is 1. The number of carboxylic acids is 1. The molecule has 9 nitrogen and oxygen atoms in total. The molecule has 0 radical (unpaired) electrons. The van der Waals surface area contributed by atoms with Crippen molar-refractivity contribution in [3.63, 3.8) is 0 Å². The van der Waals surface area contributed by atoms with Gasteiger partial charge in [0.25, 0.3) is 0 Å². The maximum absolute atomic E-state index is 11.9. The van der Waals surface area contributed by atoms with Crippen LogP contribution in [0.5, 0.6) is 0 Å². The predicted molar refractivity (Wildman–Crippen MR) is 114 cm³/mol. The quantitative estimate of drug-likeness (QED) is 0.141. The molecule has 172 valence electrons. The molecule has 1 N–H and O–H groups in total. The van der Waals surface area contributed by atoms with Gasteiger partial charge in [-0.05, 0) is 30.5 Å². The first-order chi connectivity index (χ1) is 14.5. The first-order valence-corrected chi connectivity index (χ1v) is 12.2. The van der Waals surface area contributed by atoms with Crippen molar-refractivity contribution in [1.82, 2.24) is 5.32 Å². The molecule has 1 atom stereocenters. The van der Waals surface area contributed by atoms with Gasteiger partial charge >= 0.3 is 41.6 Å². The summed E-state index contributed by atoms with van der Waals surface area (Å²) in [5.74, 6) is -1.82. The number of benzene rings is 1. The van der Waals surface area contributed by atoms with E-state index in [4.69, 9.17) is 9.47 Å². The Bertz CT molecular complexity index is 887. The smallest absolute Gasteiger partial charge is 0.549 e. The summed E-state index contributed by atoms with van der Waals surface area (Å²) in [6.07, 6.45) is -0.603. The van der Waals surface area contributed by atoms with Gasteiger partial charge in [-0.2, -0.15) is 11.8 Å². The molecule has 0 saturated heterocycles. The molecule has 12 heteroatoms. The molecule has 1 aromatic carbocycles. The van der Waals surface area contributed by atoms with E-state index in [-0.39, 0.29) is 65.7 Å². The third-order valence-corrected chi connectivity index (χ3v) is 6.70. The Balaban J connectivity index is 0.00000961. The van der Waals surface area contributed by atoms with Crippen molar-refractivity contribution in [3.05, 3.63) is 42.0 Å². The van der Waals surface area contributed by atoms with Crippen LogP contribution in [0, 0.1) is 0 Å². The van der Waals surface area contributed by atoms with Crippen LogP contribution < -0.4 is 40.0 Å². The van der Waals surface area contributed by atoms with Gasteiger partial charge in [-0.3, -0.25) is 0 Å². The minimum absolute atomic E-state index is 0. The number of amides is 1. The zero-order valence-corrected chi connectivity index (χ0v) is 22.1. The number of rotatable bonds is 13. The van der Waals surface area contributed by atoms with Crippen LogP contribution in [0.1, 0.15) is 25.3 Å². The molecule has 0 bridgehead atoms. The maximum Gasteiger partial charge on any atom is 1.00 e. The molecule has 0 heterocycles. The topological polar surface area (TPSA) is 139 Å². The Morgan fingerprint density at radius 1 is 1.16 bits per heavy atom. The number of thioether (sulfide) groups is 1. The summed E-state index contributed by atoms with van der Waals surface area (Å²) in [6.45, 7) is 7.31. The van der Waals surface area contributed by atoms with Crippen LogP contribution in [-0.4, -0.2) is 63.5 Å². The molecule has 0 aromatic heterocycles. The molecule has 0 spiro atoms. The molecule has 32 heavy (non-hydrogen) atoms. The van der Waals surface area contributed by atoms with E-state index in [1.54, 1.807) is 23.9 Å². The van der Waals surface area contributed by atoms with Gasteiger partial charge in [0.2, 0.25) is 0 Å². The fourth-order valence-corrected chi connectivity index (χ4v) is 4.20. The number of aliphatic carboxylic acids is 1. The third kappa shape index (κ3) is 11.9. The third-order valence-electron chi connectivity index (χ3n) is 3.90. The number of carboxylic acid groups (broad SMARTS) is 1. The van der Waals surface area contributed by atoms with Gasteiger partial charge in [0.15, 0.2) is 9.84 Å². The van der Waals surface area contributed by atoms with Crippen molar-refractivity contribution in [3.8, 4) is 0 Å². The molecule has 0 aliphatic heterocycles. The monoisotopic (exact) mass is 495 g/mol. The van der Waals surface area contributed by atoms with Crippen LogP contribution in [0.2, 0.25) is 0 Å². The van der Waals surface area contributed by atoms with Crippen molar-refractivity contribution in [1.29, 1.82) is 0 Å². The molecular formula is C20H26NNaO8S2. The van der Waals surface area contributed by atoms with Crippen molar-refractivity contribution >= 4 is 39.6 Å². The van der Waals surface area contributed by atoms with Crippen LogP contribution in [0.15, 0.2) is 41.3 Å². The number of carbonyl (C=O) groups is 3. The Morgan fingerprint density at radius 2 is 1.78 bits per heavy atom. The van der Waals surface area contributed by atoms with Gasteiger partial charge in [0.05, 0.1) is 23.2 Å². The van der Waals surface area contributed by atoms with E-state index in [1.165, 1.54) is 19.1 Å². The normalized spacial score (nSPS) is 11.6. The molecule has 0 saturated carbocycles. The molecule has 1 aromatic rings.